The van der Waals surface area contributed by atoms with Crippen LogP contribution in [-0.4, -0.2) is 9.97 Å². The van der Waals surface area contributed by atoms with Crippen molar-refractivity contribution in [2.75, 3.05) is 5.32 Å². The van der Waals surface area contributed by atoms with E-state index >= 15 is 0 Å². The van der Waals surface area contributed by atoms with Crippen LogP contribution in [0.4, 0.5) is 5.95 Å². The van der Waals surface area contributed by atoms with E-state index in [0.29, 0.717) is 23.6 Å². The molecule has 3 rings (SSSR count). The van der Waals surface area contributed by atoms with Gasteiger partial charge < -0.3 is 9.73 Å². The molecule has 3 aromatic heterocycles. The number of fused-ring (bicyclic) bond motifs is 1. The van der Waals surface area contributed by atoms with Gasteiger partial charge in [0, 0.05) is 10.3 Å². The molecule has 0 fully saturated rings. The molecule has 0 bridgehead atoms. The Labute approximate surface area is 125 Å². The van der Waals surface area contributed by atoms with Crippen molar-refractivity contribution in [3.8, 4) is 0 Å². The Balaban J connectivity index is 1.88. The molecule has 0 aliphatic rings. The zero-order valence-corrected chi connectivity index (χ0v) is 12.8. The van der Waals surface area contributed by atoms with Gasteiger partial charge in [0.2, 0.25) is 5.95 Å². The molecule has 0 aromatic carbocycles. The summed E-state index contributed by atoms with van der Waals surface area (Å²) >= 11 is 7.89. The Morgan fingerprint density at radius 3 is 2.95 bits per heavy atom. The number of furan rings is 1. The van der Waals surface area contributed by atoms with Crippen LogP contribution in [0, 0.1) is 0 Å². The molecule has 0 amide bonds. The second-order valence-corrected chi connectivity index (χ2v) is 6.21. The highest BCUT2D eigenvalue weighted by Gasteiger charge is 2.12. The monoisotopic (exact) mass is 307 g/mol. The minimum absolute atomic E-state index is 0.463. The lowest BCUT2D eigenvalue weighted by molar-refractivity contribution is 0.517. The first-order valence-electron chi connectivity index (χ1n) is 6.36. The molecule has 104 valence electrons. The number of anilines is 1. The van der Waals surface area contributed by atoms with Crippen LogP contribution >= 0.6 is 22.9 Å². The van der Waals surface area contributed by atoms with Crippen molar-refractivity contribution < 1.29 is 4.42 Å². The van der Waals surface area contributed by atoms with Crippen molar-refractivity contribution in [2.45, 2.75) is 26.3 Å². The van der Waals surface area contributed by atoms with E-state index < -0.39 is 0 Å². The molecule has 3 aromatic rings. The molecule has 0 saturated carbocycles. The summed E-state index contributed by atoms with van der Waals surface area (Å²) in [5.74, 6) is 1.82. The molecule has 1 N–H and O–H groups in total. The van der Waals surface area contributed by atoms with E-state index in [9.17, 15) is 0 Å². The lowest BCUT2D eigenvalue weighted by Gasteiger charge is -2.03. The summed E-state index contributed by atoms with van der Waals surface area (Å²) in [5.41, 5.74) is 0. The van der Waals surface area contributed by atoms with E-state index in [1.54, 1.807) is 17.6 Å². The fraction of sp³-hybridized carbons (Fsp3) is 0.286. The van der Waals surface area contributed by atoms with Gasteiger partial charge in [0.25, 0.3) is 0 Å². The molecule has 0 aliphatic heterocycles. The topological polar surface area (TPSA) is 51.0 Å². The van der Waals surface area contributed by atoms with Crippen molar-refractivity contribution in [1.82, 2.24) is 9.97 Å². The van der Waals surface area contributed by atoms with Gasteiger partial charge in [0.05, 0.1) is 12.8 Å². The van der Waals surface area contributed by atoms with Gasteiger partial charge in [-0.3, -0.25) is 0 Å². The third-order valence-electron chi connectivity index (χ3n) is 2.94. The molecule has 0 saturated heterocycles. The minimum Gasteiger partial charge on any atom is -0.467 e. The highest BCUT2D eigenvalue weighted by atomic mass is 35.5. The first-order chi connectivity index (χ1) is 9.63. The quantitative estimate of drug-likeness (QED) is 0.711. The summed E-state index contributed by atoms with van der Waals surface area (Å²) in [5, 5.41) is 4.53. The molecular formula is C14H14ClN3OS. The number of nitrogens with zero attached hydrogens (tertiary/aromatic N) is 2. The van der Waals surface area contributed by atoms with Gasteiger partial charge in [-0.1, -0.05) is 25.4 Å². The largest absolute Gasteiger partial charge is 0.467 e. The van der Waals surface area contributed by atoms with Crippen molar-refractivity contribution in [2.24, 2.45) is 0 Å². The van der Waals surface area contributed by atoms with E-state index in [-0.39, 0.29) is 0 Å². The van der Waals surface area contributed by atoms with Gasteiger partial charge in [0.1, 0.15) is 15.7 Å². The van der Waals surface area contributed by atoms with E-state index in [1.807, 2.05) is 12.1 Å². The van der Waals surface area contributed by atoms with E-state index in [1.165, 1.54) is 4.88 Å². The molecule has 6 heteroatoms. The van der Waals surface area contributed by atoms with Crippen LogP contribution in [0.5, 0.6) is 0 Å². The van der Waals surface area contributed by atoms with Crippen LogP contribution in [0.25, 0.3) is 10.2 Å². The molecular weight excluding hydrogens is 294 g/mol. The summed E-state index contributed by atoms with van der Waals surface area (Å²) in [4.78, 5) is 11.0. The van der Waals surface area contributed by atoms with Crippen LogP contribution in [0.2, 0.25) is 5.15 Å². The maximum absolute atomic E-state index is 6.23. The van der Waals surface area contributed by atoms with Crippen molar-refractivity contribution in [1.29, 1.82) is 0 Å². The Kier molecular flexibility index (Phi) is 3.63. The smallest absolute Gasteiger partial charge is 0.225 e. The zero-order chi connectivity index (χ0) is 14.1. The maximum atomic E-state index is 6.23. The van der Waals surface area contributed by atoms with Crippen molar-refractivity contribution in [3.63, 3.8) is 0 Å². The van der Waals surface area contributed by atoms with Crippen molar-refractivity contribution in [3.05, 3.63) is 40.3 Å². The molecule has 3 heterocycles. The van der Waals surface area contributed by atoms with E-state index in [2.05, 4.69) is 35.2 Å². The van der Waals surface area contributed by atoms with Gasteiger partial charge in [-0.05, 0) is 24.1 Å². The number of hydrogen-bond donors (Lipinski definition) is 1. The van der Waals surface area contributed by atoms with Crippen molar-refractivity contribution >= 4 is 39.1 Å². The zero-order valence-electron chi connectivity index (χ0n) is 11.2. The Bertz CT molecular complexity index is 721. The number of thiophene rings is 1. The van der Waals surface area contributed by atoms with E-state index in [4.69, 9.17) is 16.0 Å². The van der Waals surface area contributed by atoms with Gasteiger partial charge in [-0.2, -0.15) is 0 Å². The number of halogens is 1. The predicted octanol–water partition coefficient (Wildman–Crippen LogP) is 4.67. The summed E-state index contributed by atoms with van der Waals surface area (Å²) in [6.45, 7) is 4.85. The summed E-state index contributed by atoms with van der Waals surface area (Å²) < 4.78 is 5.26. The van der Waals surface area contributed by atoms with Crippen LogP contribution in [0.15, 0.2) is 28.9 Å². The molecule has 20 heavy (non-hydrogen) atoms. The summed E-state index contributed by atoms with van der Waals surface area (Å²) in [7, 11) is 0. The number of nitrogens with one attached hydrogen (secondary N) is 1. The van der Waals surface area contributed by atoms with Gasteiger partial charge >= 0.3 is 0 Å². The first kappa shape index (κ1) is 13.4. The molecule has 0 atom stereocenters. The normalized spacial score (nSPS) is 11.4. The number of hydrogen-bond acceptors (Lipinski definition) is 5. The Morgan fingerprint density at radius 2 is 2.25 bits per heavy atom. The lowest BCUT2D eigenvalue weighted by Crippen LogP contribution is -2.02. The SMILES string of the molecule is CC(C)c1cc2c(Cl)nc(NCc3ccco3)nc2s1. The van der Waals surface area contributed by atoms with Gasteiger partial charge in [-0.25, -0.2) is 9.97 Å². The second kappa shape index (κ2) is 5.42. The van der Waals surface area contributed by atoms with E-state index in [0.717, 1.165) is 16.0 Å². The standard InChI is InChI=1S/C14H14ClN3OS/c1-8(2)11-6-10-12(15)17-14(18-13(10)20-11)16-7-9-4-3-5-19-9/h3-6,8H,7H2,1-2H3,(H,16,17,18). The third kappa shape index (κ3) is 2.64. The molecule has 0 radical (unpaired) electrons. The van der Waals surface area contributed by atoms with Crippen LogP contribution in [0.3, 0.4) is 0 Å². The fourth-order valence-corrected chi connectivity index (χ4v) is 3.16. The average Bonchev–Trinajstić information content (AvgIpc) is 3.05. The van der Waals surface area contributed by atoms with Gasteiger partial charge in [-0.15, -0.1) is 11.3 Å². The third-order valence-corrected chi connectivity index (χ3v) is 4.55. The van der Waals surface area contributed by atoms with Crippen LogP contribution < -0.4 is 5.32 Å². The fourth-order valence-electron chi connectivity index (χ4n) is 1.85. The number of aromatic nitrogens is 2. The average molecular weight is 308 g/mol. The summed E-state index contributed by atoms with van der Waals surface area (Å²) in [6, 6.07) is 5.82. The Morgan fingerprint density at radius 1 is 1.40 bits per heavy atom. The number of rotatable bonds is 4. The molecule has 4 nitrogen and oxygen atoms in total. The van der Waals surface area contributed by atoms with Crippen LogP contribution in [-0.2, 0) is 6.54 Å². The lowest BCUT2D eigenvalue weighted by atomic mass is 10.2. The minimum atomic E-state index is 0.463. The van der Waals surface area contributed by atoms with Gasteiger partial charge in [0.15, 0.2) is 0 Å². The first-order valence-corrected chi connectivity index (χ1v) is 7.56. The molecule has 0 unspecified atom stereocenters. The second-order valence-electron chi connectivity index (χ2n) is 4.79. The Hall–Kier alpha value is -1.59. The highest BCUT2D eigenvalue weighted by Crippen LogP contribution is 2.33. The summed E-state index contributed by atoms with van der Waals surface area (Å²) in [6.07, 6.45) is 1.64. The molecule has 0 spiro atoms. The highest BCUT2D eigenvalue weighted by molar-refractivity contribution is 7.18. The predicted molar refractivity (Wildman–Crippen MR) is 82.5 cm³/mol. The molecule has 0 aliphatic carbocycles. The van der Waals surface area contributed by atoms with Crippen LogP contribution in [0.1, 0.15) is 30.4 Å². The maximum Gasteiger partial charge on any atom is 0.225 e.